The molecule has 0 atom stereocenters. The van der Waals surface area contributed by atoms with Crippen LogP contribution in [0, 0.1) is 0 Å². The molecule has 0 amide bonds. The summed E-state index contributed by atoms with van der Waals surface area (Å²) >= 11 is 1.17. The van der Waals surface area contributed by atoms with E-state index in [2.05, 4.69) is 10.2 Å². The number of aromatic nitrogens is 3. The van der Waals surface area contributed by atoms with Gasteiger partial charge in [-0.25, -0.2) is 0 Å². The maximum atomic E-state index is 10.9. The molecular formula is C16H19N3O4S. The van der Waals surface area contributed by atoms with E-state index in [0.29, 0.717) is 18.4 Å². The van der Waals surface area contributed by atoms with E-state index in [-0.39, 0.29) is 11.7 Å². The Morgan fingerprint density at radius 3 is 2.67 bits per heavy atom. The molecule has 2 heterocycles. The van der Waals surface area contributed by atoms with Crippen LogP contribution in [-0.2, 0) is 9.53 Å². The largest absolute Gasteiger partial charge is 0.497 e. The van der Waals surface area contributed by atoms with Crippen molar-refractivity contribution in [3.05, 3.63) is 30.1 Å². The first-order valence-electron chi connectivity index (χ1n) is 7.71. The Morgan fingerprint density at radius 2 is 2.04 bits per heavy atom. The van der Waals surface area contributed by atoms with E-state index in [1.165, 1.54) is 11.8 Å². The molecule has 1 saturated heterocycles. The van der Waals surface area contributed by atoms with E-state index >= 15 is 0 Å². The molecular weight excluding hydrogens is 330 g/mol. The maximum Gasteiger partial charge on any atom is 0.313 e. The second-order valence-corrected chi connectivity index (χ2v) is 6.39. The fraction of sp³-hybridized carbons (Fsp3) is 0.438. The Kier molecular flexibility index (Phi) is 5.37. The van der Waals surface area contributed by atoms with Gasteiger partial charge in [-0.1, -0.05) is 11.8 Å². The normalized spacial score (nSPS) is 15.4. The van der Waals surface area contributed by atoms with Crippen LogP contribution >= 0.6 is 11.8 Å². The second-order valence-electron chi connectivity index (χ2n) is 5.44. The summed E-state index contributed by atoms with van der Waals surface area (Å²) in [5, 5.41) is 18.1. The van der Waals surface area contributed by atoms with Crippen LogP contribution in [0.1, 0.15) is 24.6 Å². The molecule has 1 fully saturated rings. The molecule has 1 N–H and O–H groups in total. The van der Waals surface area contributed by atoms with Gasteiger partial charge in [0.25, 0.3) is 0 Å². The number of hydrogen-bond donors (Lipinski definition) is 1. The zero-order chi connectivity index (χ0) is 16.9. The van der Waals surface area contributed by atoms with E-state index in [1.54, 1.807) is 7.11 Å². The minimum atomic E-state index is -0.878. The lowest BCUT2D eigenvalue weighted by Gasteiger charge is -2.22. The Hall–Kier alpha value is -2.06. The van der Waals surface area contributed by atoms with Crippen LogP contribution in [0.5, 0.6) is 5.75 Å². The number of methoxy groups -OCH3 is 1. The molecule has 24 heavy (non-hydrogen) atoms. The number of hydrogen-bond acceptors (Lipinski definition) is 6. The average Bonchev–Trinajstić information content (AvgIpc) is 3.04. The Bertz CT molecular complexity index is 696. The first-order valence-corrected chi connectivity index (χ1v) is 8.69. The highest BCUT2D eigenvalue weighted by Gasteiger charge is 2.25. The quantitative estimate of drug-likeness (QED) is 0.801. The lowest BCUT2D eigenvalue weighted by molar-refractivity contribution is -0.133. The first-order chi connectivity index (χ1) is 11.7. The van der Waals surface area contributed by atoms with Gasteiger partial charge in [-0.15, -0.1) is 10.2 Å². The molecule has 1 aliphatic rings. The van der Waals surface area contributed by atoms with Crippen molar-refractivity contribution in [3.63, 3.8) is 0 Å². The van der Waals surface area contributed by atoms with E-state index in [9.17, 15) is 4.79 Å². The molecule has 3 rings (SSSR count). The van der Waals surface area contributed by atoms with Gasteiger partial charge in [0.2, 0.25) is 0 Å². The zero-order valence-corrected chi connectivity index (χ0v) is 14.2. The van der Waals surface area contributed by atoms with Gasteiger partial charge >= 0.3 is 5.97 Å². The molecule has 0 spiro atoms. The molecule has 8 heteroatoms. The number of rotatable bonds is 6. The van der Waals surface area contributed by atoms with Crippen LogP contribution in [-0.4, -0.2) is 51.9 Å². The fourth-order valence-corrected chi connectivity index (χ4v) is 3.37. The van der Waals surface area contributed by atoms with Crippen LogP contribution in [0.25, 0.3) is 5.69 Å². The van der Waals surface area contributed by atoms with Crippen molar-refractivity contribution in [2.45, 2.75) is 23.9 Å². The fourth-order valence-electron chi connectivity index (χ4n) is 2.70. The third-order valence-electron chi connectivity index (χ3n) is 3.90. The Morgan fingerprint density at radius 1 is 1.33 bits per heavy atom. The summed E-state index contributed by atoms with van der Waals surface area (Å²) < 4.78 is 12.6. The monoisotopic (exact) mass is 349 g/mol. The van der Waals surface area contributed by atoms with E-state index in [1.807, 2.05) is 28.8 Å². The third-order valence-corrected chi connectivity index (χ3v) is 4.81. The molecule has 0 unspecified atom stereocenters. The van der Waals surface area contributed by atoms with Crippen LogP contribution in [0.3, 0.4) is 0 Å². The first kappa shape index (κ1) is 16.8. The van der Waals surface area contributed by atoms with Crippen molar-refractivity contribution in [2.24, 2.45) is 0 Å². The lowest BCUT2D eigenvalue weighted by Crippen LogP contribution is -2.18. The average molecular weight is 349 g/mol. The van der Waals surface area contributed by atoms with Crippen molar-refractivity contribution < 1.29 is 19.4 Å². The number of carbonyl (C=O) groups is 1. The predicted octanol–water partition coefficient (Wildman–Crippen LogP) is 2.35. The minimum absolute atomic E-state index is 0.0535. The van der Waals surface area contributed by atoms with Gasteiger partial charge in [-0.2, -0.15) is 0 Å². The summed E-state index contributed by atoms with van der Waals surface area (Å²) in [6.45, 7) is 1.41. The summed E-state index contributed by atoms with van der Waals surface area (Å²) in [7, 11) is 1.62. The molecule has 128 valence electrons. The summed E-state index contributed by atoms with van der Waals surface area (Å²) in [6, 6.07) is 7.59. The van der Waals surface area contributed by atoms with Gasteiger partial charge in [-0.3, -0.25) is 9.36 Å². The standard InChI is InChI=1S/C16H19N3O4S/c1-22-13-4-2-12(3-5-13)19-15(11-6-8-23-9-7-11)17-18-16(19)24-10-14(20)21/h2-5,11H,6-10H2,1H3,(H,20,21). The SMILES string of the molecule is COc1ccc(-n2c(SCC(=O)O)nnc2C2CCOCC2)cc1. The van der Waals surface area contributed by atoms with Gasteiger partial charge in [0.1, 0.15) is 11.6 Å². The third kappa shape index (κ3) is 3.70. The van der Waals surface area contributed by atoms with Crippen molar-refractivity contribution in [3.8, 4) is 11.4 Å². The van der Waals surface area contributed by atoms with Crippen molar-refractivity contribution in [1.29, 1.82) is 0 Å². The van der Waals surface area contributed by atoms with Crippen molar-refractivity contribution in [1.82, 2.24) is 14.8 Å². The van der Waals surface area contributed by atoms with Crippen LogP contribution in [0.15, 0.2) is 29.4 Å². The van der Waals surface area contributed by atoms with E-state index < -0.39 is 5.97 Å². The Balaban J connectivity index is 1.97. The molecule has 0 aliphatic carbocycles. The minimum Gasteiger partial charge on any atom is -0.497 e. The van der Waals surface area contributed by atoms with E-state index in [4.69, 9.17) is 14.6 Å². The summed E-state index contributed by atoms with van der Waals surface area (Å²) in [5.74, 6) is 0.946. The molecule has 1 aliphatic heterocycles. The van der Waals surface area contributed by atoms with Crippen molar-refractivity contribution in [2.75, 3.05) is 26.1 Å². The molecule has 2 aromatic rings. The van der Waals surface area contributed by atoms with Crippen molar-refractivity contribution >= 4 is 17.7 Å². The number of carboxylic acid groups (broad SMARTS) is 1. The topological polar surface area (TPSA) is 86.5 Å². The highest BCUT2D eigenvalue weighted by Crippen LogP contribution is 2.31. The van der Waals surface area contributed by atoms with Gasteiger partial charge in [-0.05, 0) is 37.1 Å². The van der Waals surface area contributed by atoms with Crippen LogP contribution < -0.4 is 4.74 Å². The van der Waals surface area contributed by atoms with Gasteiger partial charge in [0.15, 0.2) is 5.16 Å². The zero-order valence-electron chi connectivity index (χ0n) is 13.3. The molecule has 1 aromatic heterocycles. The second kappa shape index (κ2) is 7.67. The highest BCUT2D eigenvalue weighted by atomic mass is 32.2. The number of ether oxygens (including phenoxy) is 2. The molecule has 0 saturated carbocycles. The summed E-state index contributed by atoms with van der Waals surface area (Å²) in [4.78, 5) is 10.9. The molecule has 1 aromatic carbocycles. The number of carboxylic acids is 1. The van der Waals surface area contributed by atoms with Gasteiger partial charge < -0.3 is 14.6 Å². The number of aliphatic carboxylic acids is 1. The molecule has 0 radical (unpaired) electrons. The number of nitrogens with zero attached hydrogens (tertiary/aromatic N) is 3. The molecule has 7 nitrogen and oxygen atoms in total. The van der Waals surface area contributed by atoms with E-state index in [0.717, 1.165) is 30.1 Å². The Labute approximate surface area is 144 Å². The molecule has 0 bridgehead atoms. The number of thioether (sulfide) groups is 1. The maximum absolute atomic E-state index is 10.9. The van der Waals surface area contributed by atoms with Crippen LogP contribution in [0.2, 0.25) is 0 Å². The van der Waals surface area contributed by atoms with Gasteiger partial charge in [0, 0.05) is 24.8 Å². The lowest BCUT2D eigenvalue weighted by atomic mass is 9.99. The van der Waals surface area contributed by atoms with Gasteiger partial charge in [0.05, 0.1) is 12.9 Å². The summed E-state index contributed by atoms with van der Waals surface area (Å²) in [5.41, 5.74) is 0.898. The highest BCUT2D eigenvalue weighted by molar-refractivity contribution is 7.99. The van der Waals surface area contributed by atoms with Crippen LogP contribution in [0.4, 0.5) is 0 Å². The number of benzene rings is 1. The summed E-state index contributed by atoms with van der Waals surface area (Å²) in [6.07, 6.45) is 1.77. The predicted molar refractivity (Wildman–Crippen MR) is 89.1 cm³/mol. The smallest absolute Gasteiger partial charge is 0.313 e.